The molecule has 0 aliphatic carbocycles. The minimum Gasteiger partial charge on any atom is -0.346 e. The van der Waals surface area contributed by atoms with E-state index in [0.717, 1.165) is 31.8 Å². The second kappa shape index (κ2) is 9.37. The molecule has 0 aromatic heterocycles. The van der Waals surface area contributed by atoms with Crippen LogP contribution in [0, 0.1) is 5.92 Å². The molecule has 0 saturated carbocycles. The van der Waals surface area contributed by atoms with Crippen molar-refractivity contribution in [1.82, 2.24) is 9.80 Å². The molecule has 3 heteroatoms. The number of hydrogen-bond acceptors (Lipinski definition) is 2. The number of rotatable bonds is 9. The Kier molecular flexibility index (Phi) is 9.08. The Hall–Kier alpha value is -0.570. The molecule has 0 aliphatic heterocycles. The molecule has 0 saturated heterocycles. The van der Waals surface area contributed by atoms with Gasteiger partial charge in [-0.05, 0) is 52.6 Å². The summed E-state index contributed by atoms with van der Waals surface area (Å²) < 4.78 is 0. The van der Waals surface area contributed by atoms with Gasteiger partial charge < -0.3 is 9.80 Å². The molecule has 0 aromatic carbocycles. The van der Waals surface area contributed by atoms with E-state index in [-0.39, 0.29) is 5.91 Å². The molecule has 0 spiro atoms. The summed E-state index contributed by atoms with van der Waals surface area (Å²) in [6.07, 6.45) is 3.96. The molecule has 0 rings (SSSR count). The maximum atomic E-state index is 11.9. The largest absolute Gasteiger partial charge is 0.346 e. The van der Waals surface area contributed by atoms with Crippen molar-refractivity contribution < 1.29 is 4.79 Å². The molecular formula is C15H32N2O. The van der Waals surface area contributed by atoms with Gasteiger partial charge in [0, 0.05) is 26.1 Å². The van der Waals surface area contributed by atoms with Crippen LogP contribution in [0.1, 0.15) is 53.4 Å². The predicted octanol–water partition coefficient (Wildman–Crippen LogP) is 3.00. The first-order valence-corrected chi connectivity index (χ1v) is 7.28. The summed E-state index contributed by atoms with van der Waals surface area (Å²) >= 11 is 0. The van der Waals surface area contributed by atoms with Crippen molar-refractivity contribution in [1.29, 1.82) is 0 Å². The van der Waals surface area contributed by atoms with Crippen LogP contribution in [0.2, 0.25) is 0 Å². The summed E-state index contributed by atoms with van der Waals surface area (Å²) in [6.45, 7) is 10.7. The fourth-order valence-electron chi connectivity index (χ4n) is 1.79. The van der Waals surface area contributed by atoms with Gasteiger partial charge in [0.15, 0.2) is 0 Å². The van der Waals surface area contributed by atoms with Gasteiger partial charge in [-0.15, -0.1) is 0 Å². The van der Waals surface area contributed by atoms with E-state index in [1.807, 2.05) is 11.9 Å². The lowest BCUT2D eigenvalue weighted by Gasteiger charge is -2.22. The molecule has 0 unspecified atom stereocenters. The summed E-state index contributed by atoms with van der Waals surface area (Å²) in [7, 11) is 4.04. The zero-order valence-corrected chi connectivity index (χ0v) is 13.2. The first-order valence-electron chi connectivity index (χ1n) is 7.28. The van der Waals surface area contributed by atoms with E-state index < -0.39 is 0 Å². The summed E-state index contributed by atoms with van der Waals surface area (Å²) in [5.74, 6) is 1.02. The molecule has 0 aromatic rings. The van der Waals surface area contributed by atoms with E-state index in [2.05, 4.69) is 39.6 Å². The fraction of sp³-hybridized carbons (Fsp3) is 0.933. The van der Waals surface area contributed by atoms with Gasteiger partial charge in [-0.2, -0.15) is 0 Å². The monoisotopic (exact) mass is 256 g/mol. The fourth-order valence-corrected chi connectivity index (χ4v) is 1.79. The van der Waals surface area contributed by atoms with Gasteiger partial charge in [0.1, 0.15) is 0 Å². The van der Waals surface area contributed by atoms with Crippen molar-refractivity contribution in [2.75, 3.05) is 27.2 Å². The molecule has 1 amide bonds. The normalized spacial score (nSPS) is 11.6. The second-order valence-electron chi connectivity index (χ2n) is 6.03. The average Bonchev–Trinajstić information content (AvgIpc) is 2.27. The molecule has 3 nitrogen and oxygen atoms in total. The second-order valence-corrected chi connectivity index (χ2v) is 6.03. The Bertz CT molecular complexity index is 227. The van der Waals surface area contributed by atoms with Crippen molar-refractivity contribution >= 4 is 5.91 Å². The van der Waals surface area contributed by atoms with Crippen LogP contribution in [-0.4, -0.2) is 48.9 Å². The maximum absolute atomic E-state index is 11.9. The Morgan fingerprint density at radius 3 is 2.11 bits per heavy atom. The van der Waals surface area contributed by atoms with Crippen LogP contribution in [0.5, 0.6) is 0 Å². The quantitative estimate of drug-likeness (QED) is 0.633. The molecule has 0 atom stereocenters. The summed E-state index contributed by atoms with van der Waals surface area (Å²) in [5.41, 5.74) is 0. The van der Waals surface area contributed by atoms with E-state index in [9.17, 15) is 4.79 Å². The highest BCUT2D eigenvalue weighted by Gasteiger charge is 2.09. The summed E-state index contributed by atoms with van der Waals surface area (Å²) in [5, 5.41) is 0. The lowest BCUT2D eigenvalue weighted by Crippen LogP contribution is -2.30. The lowest BCUT2D eigenvalue weighted by atomic mass is 10.1. The lowest BCUT2D eigenvalue weighted by molar-refractivity contribution is -0.130. The Balaban J connectivity index is 3.68. The van der Waals surface area contributed by atoms with Crippen LogP contribution in [0.15, 0.2) is 0 Å². The predicted molar refractivity (Wildman–Crippen MR) is 78.7 cm³/mol. The van der Waals surface area contributed by atoms with Crippen LogP contribution in [0.4, 0.5) is 0 Å². The molecule has 0 aliphatic rings. The van der Waals surface area contributed by atoms with Crippen molar-refractivity contribution in [3.63, 3.8) is 0 Å². The standard InChI is InChI=1S/C15H32N2O/c1-13(2)9-7-12-17(6)15(18)10-8-11-16(5)14(3)4/h13-14H,7-12H2,1-6H3. The molecule has 108 valence electrons. The molecule has 0 fully saturated rings. The first-order chi connectivity index (χ1) is 8.34. The molecule has 0 radical (unpaired) electrons. The summed E-state index contributed by atoms with van der Waals surface area (Å²) in [6, 6.07) is 0.559. The molecule has 0 heterocycles. The third kappa shape index (κ3) is 8.51. The van der Waals surface area contributed by atoms with E-state index in [1.165, 1.54) is 6.42 Å². The zero-order valence-electron chi connectivity index (χ0n) is 13.2. The van der Waals surface area contributed by atoms with Crippen molar-refractivity contribution in [2.24, 2.45) is 5.92 Å². The van der Waals surface area contributed by atoms with Crippen LogP contribution in [0.25, 0.3) is 0 Å². The Morgan fingerprint density at radius 2 is 1.61 bits per heavy atom. The molecule has 0 N–H and O–H groups in total. The SMILES string of the molecule is CC(C)CCCN(C)C(=O)CCCN(C)C(C)C. The maximum Gasteiger partial charge on any atom is 0.222 e. The van der Waals surface area contributed by atoms with Gasteiger partial charge in [0.05, 0.1) is 0 Å². The number of carbonyl (C=O) groups is 1. The summed E-state index contributed by atoms with van der Waals surface area (Å²) in [4.78, 5) is 16.0. The number of nitrogens with zero attached hydrogens (tertiary/aromatic N) is 2. The van der Waals surface area contributed by atoms with Gasteiger partial charge >= 0.3 is 0 Å². The molecule has 0 bridgehead atoms. The highest BCUT2D eigenvalue weighted by atomic mass is 16.2. The zero-order chi connectivity index (χ0) is 14.1. The third-order valence-corrected chi connectivity index (χ3v) is 3.48. The van der Waals surface area contributed by atoms with Gasteiger partial charge in [-0.3, -0.25) is 4.79 Å². The van der Waals surface area contributed by atoms with Crippen LogP contribution in [-0.2, 0) is 4.79 Å². The highest BCUT2D eigenvalue weighted by Crippen LogP contribution is 2.06. The highest BCUT2D eigenvalue weighted by molar-refractivity contribution is 5.75. The van der Waals surface area contributed by atoms with E-state index in [0.29, 0.717) is 12.5 Å². The van der Waals surface area contributed by atoms with Gasteiger partial charge in [0.25, 0.3) is 0 Å². The van der Waals surface area contributed by atoms with Crippen molar-refractivity contribution in [3.8, 4) is 0 Å². The molecule has 18 heavy (non-hydrogen) atoms. The van der Waals surface area contributed by atoms with Crippen LogP contribution in [0.3, 0.4) is 0 Å². The minimum absolute atomic E-state index is 0.288. The number of amides is 1. The Morgan fingerprint density at radius 1 is 1.00 bits per heavy atom. The van der Waals surface area contributed by atoms with Crippen molar-refractivity contribution in [3.05, 3.63) is 0 Å². The number of carbonyl (C=O) groups excluding carboxylic acids is 1. The topological polar surface area (TPSA) is 23.6 Å². The van der Waals surface area contributed by atoms with E-state index in [1.54, 1.807) is 0 Å². The molecular weight excluding hydrogens is 224 g/mol. The van der Waals surface area contributed by atoms with E-state index in [4.69, 9.17) is 0 Å². The number of hydrogen-bond donors (Lipinski definition) is 0. The van der Waals surface area contributed by atoms with Crippen LogP contribution < -0.4 is 0 Å². The third-order valence-electron chi connectivity index (χ3n) is 3.48. The van der Waals surface area contributed by atoms with Gasteiger partial charge in [-0.1, -0.05) is 13.8 Å². The van der Waals surface area contributed by atoms with Crippen molar-refractivity contribution in [2.45, 2.75) is 59.4 Å². The average molecular weight is 256 g/mol. The van der Waals surface area contributed by atoms with E-state index >= 15 is 0 Å². The van der Waals surface area contributed by atoms with Gasteiger partial charge in [-0.25, -0.2) is 0 Å². The van der Waals surface area contributed by atoms with Gasteiger partial charge in [0.2, 0.25) is 5.91 Å². The van der Waals surface area contributed by atoms with Crippen LogP contribution >= 0.6 is 0 Å². The first kappa shape index (κ1) is 17.4. The Labute approximate surface area is 114 Å². The smallest absolute Gasteiger partial charge is 0.222 e. The minimum atomic E-state index is 0.288.